The van der Waals surface area contributed by atoms with E-state index < -0.39 is 0 Å². The third-order valence-electron chi connectivity index (χ3n) is 2.81. The molecule has 0 fully saturated rings. The van der Waals surface area contributed by atoms with Crippen LogP contribution < -0.4 is 5.32 Å². The topological polar surface area (TPSA) is 25.2 Å². The lowest BCUT2D eigenvalue weighted by Gasteiger charge is -2.01. The van der Waals surface area contributed by atoms with E-state index in [2.05, 4.69) is 23.2 Å². The maximum absolute atomic E-state index is 5.71. The lowest BCUT2D eigenvalue weighted by Crippen LogP contribution is -2.14. The summed E-state index contributed by atoms with van der Waals surface area (Å²) >= 11 is 0. The van der Waals surface area contributed by atoms with E-state index in [1.165, 1.54) is 10.9 Å². The maximum Gasteiger partial charge on any atom is 0.134 e. The molecule has 0 saturated heterocycles. The van der Waals surface area contributed by atoms with E-state index in [0.29, 0.717) is 0 Å². The minimum Gasteiger partial charge on any atom is -0.461 e. The van der Waals surface area contributed by atoms with Gasteiger partial charge in [0.2, 0.25) is 0 Å². The molecule has 0 atom stereocenters. The second-order valence-corrected chi connectivity index (χ2v) is 3.99. The van der Waals surface area contributed by atoms with Crippen molar-refractivity contribution in [2.24, 2.45) is 0 Å². The van der Waals surface area contributed by atoms with E-state index in [-0.39, 0.29) is 0 Å². The van der Waals surface area contributed by atoms with Crippen LogP contribution in [0.2, 0.25) is 0 Å². The monoisotopic (exact) mass is 227 g/mol. The highest BCUT2D eigenvalue weighted by Crippen LogP contribution is 2.24. The van der Waals surface area contributed by atoms with Crippen molar-refractivity contribution in [3.63, 3.8) is 0 Å². The van der Waals surface area contributed by atoms with Crippen molar-refractivity contribution in [1.82, 2.24) is 5.32 Å². The summed E-state index contributed by atoms with van der Waals surface area (Å²) in [6.45, 7) is 5.64. The smallest absolute Gasteiger partial charge is 0.134 e. The normalized spacial score (nSPS) is 10.2. The van der Waals surface area contributed by atoms with Crippen LogP contribution in [-0.2, 0) is 6.54 Å². The van der Waals surface area contributed by atoms with Crippen LogP contribution in [0.5, 0.6) is 0 Å². The van der Waals surface area contributed by atoms with Crippen molar-refractivity contribution in [2.45, 2.75) is 26.8 Å². The van der Waals surface area contributed by atoms with Gasteiger partial charge in [-0.3, -0.25) is 0 Å². The van der Waals surface area contributed by atoms with E-state index in [0.717, 1.165) is 30.9 Å². The Morgan fingerprint density at radius 1 is 1.29 bits per heavy atom. The Morgan fingerprint density at radius 3 is 2.94 bits per heavy atom. The summed E-state index contributed by atoms with van der Waals surface area (Å²) in [6, 6.07) is 8.16. The molecule has 17 heavy (non-hydrogen) atoms. The molecule has 1 heterocycles. The molecular weight excluding hydrogens is 210 g/mol. The van der Waals surface area contributed by atoms with Crippen LogP contribution in [0.3, 0.4) is 0 Å². The van der Waals surface area contributed by atoms with Gasteiger partial charge in [0, 0.05) is 30.5 Å². The largest absolute Gasteiger partial charge is 0.461 e. The van der Waals surface area contributed by atoms with E-state index in [1.54, 1.807) is 0 Å². The average Bonchev–Trinajstić information content (AvgIpc) is 2.65. The molecular formula is C15H17NO. The molecule has 0 aliphatic rings. The molecule has 2 aromatic rings. The van der Waals surface area contributed by atoms with Gasteiger partial charge in [-0.15, -0.1) is 11.8 Å². The summed E-state index contributed by atoms with van der Waals surface area (Å²) in [5.74, 6) is 6.94. The summed E-state index contributed by atoms with van der Waals surface area (Å²) in [7, 11) is 0. The lowest BCUT2D eigenvalue weighted by atomic mass is 10.1. The minimum atomic E-state index is 0.842. The summed E-state index contributed by atoms with van der Waals surface area (Å²) in [4.78, 5) is 0. The van der Waals surface area contributed by atoms with E-state index in [4.69, 9.17) is 4.42 Å². The Kier molecular flexibility index (Phi) is 3.85. The van der Waals surface area contributed by atoms with Crippen molar-refractivity contribution in [2.75, 3.05) is 6.54 Å². The predicted molar refractivity (Wildman–Crippen MR) is 70.7 cm³/mol. The average molecular weight is 227 g/mol. The fraction of sp³-hybridized carbons (Fsp3) is 0.333. The van der Waals surface area contributed by atoms with Crippen molar-refractivity contribution in [3.8, 4) is 11.8 Å². The third-order valence-corrected chi connectivity index (χ3v) is 2.81. The van der Waals surface area contributed by atoms with Gasteiger partial charge in [0.1, 0.15) is 11.3 Å². The van der Waals surface area contributed by atoms with Crippen LogP contribution in [0.15, 0.2) is 28.7 Å². The molecule has 0 spiro atoms. The standard InChI is InChI=1S/C15H17NO/c1-3-4-7-10-16-11-14-12(2)17-15-9-6-5-8-13(14)15/h5-6,8-9,16H,7,10-11H2,1-2H3. The highest BCUT2D eigenvalue weighted by Gasteiger charge is 2.08. The van der Waals surface area contributed by atoms with Gasteiger partial charge in [0.25, 0.3) is 0 Å². The molecule has 2 nitrogen and oxygen atoms in total. The molecule has 1 aromatic carbocycles. The molecule has 0 bridgehead atoms. The second-order valence-electron chi connectivity index (χ2n) is 3.99. The number of hydrogen-bond donors (Lipinski definition) is 1. The molecule has 0 radical (unpaired) electrons. The SMILES string of the molecule is CC#CCCNCc1c(C)oc2ccccc12. The lowest BCUT2D eigenvalue weighted by molar-refractivity contribution is 0.566. The Labute approximate surface area is 102 Å². The Bertz CT molecular complexity index is 557. The number of fused-ring (bicyclic) bond motifs is 1. The summed E-state index contributed by atoms with van der Waals surface area (Å²) in [6.07, 6.45) is 0.894. The minimum absolute atomic E-state index is 0.842. The molecule has 2 rings (SSSR count). The first-order chi connectivity index (χ1) is 8.33. The Balaban J connectivity index is 2.06. The van der Waals surface area contributed by atoms with Gasteiger partial charge in [-0.1, -0.05) is 18.2 Å². The van der Waals surface area contributed by atoms with Gasteiger partial charge in [0.05, 0.1) is 0 Å². The van der Waals surface area contributed by atoms with Gasteiger partial charge < -0.3 is 9.73 Å². The quantitative estimate of drug-likeness (QED) is 0.640. The van der Waals surface area contributed by atoms with Crippen LogP contribution >= 0.6 is 0 Å². The molecule has 1 N–H and O–H groups in total. The number of benzene rings is 1. The number of hydrogen-bond acceptors (Lipinski definition) is 2. The molecule has 0 saturated carbocycles. The van der Waals surface area contributed by atoms with Gasteiger partial charge >= 0.3 is 0 Å². The van der Waals surface area contributed by atoms with Crippen LogP contribution in [-0.4, -0.2) is 6.54 Å². The molecule has 2 heteroatoms. The zero-order valence-corrected chi connectivity index (χ0v) is 10.3. The first kappa shape index (κ1) is 11.8. The summed E-state index contributed by atoms with van der Waals surface area (Å²) in [5, 5.41) is 4.60. The van der Waals surface area contributed by atoms with Gasteiger partial charge in [-0.2, -0.15) is 0 Å². The Hall–Kier alpha value is -1.72. The number of furan rings is 1. The highest BCUT2D eigenvalue weighted by atomic mass is 16.3. The van der Waals surface area contributed by atoms with Crippen LogP contribution in [0, 0.1) is 18.8 Å². The summed E-state index contributed by atoms with van der Waals surface area (Å²) < 4.78 is 5.71. The van der Waals surface area contributed by atoms with Gasteiger partial charge in [-0.05, 0) is 19.9 Å². The highest BCUT2D eigenvalue weighted by molar-refractivity contribution is 5.82. The van der Waals surface area contributed by atoms with Crippen molar-refractivity contribution in [3.05, 3.63) is 35.6 Å². The first-order valence-corrected chi connectivity index (χ1v) is 5.90. The van der Waals surface area contributed by atoms with Crippen LogP contribution in [0.25, 0.3) is 11.0 Å². The number of para-hydroxylation sites is 1. The third kappa shape index (κ3) is 2.69. The molecule has 88 valence electrons. The molecule has 0 unspecified atom stereocenters. The molecule has 0 amide bonds. The van der Waals surface area contributed by atoms with Crippen molar-refractivity contribution < 1.29 is 4.42 Å². The second kappa shape index (κ2) is 5.56. The van der Waals surface area contributed by atoms with E-state index in [9.17, 15) is 0 Å². The maximum atomic E-state index is 5.71. The van der Waals surface area contributed by atoms with Crippen LogP contribution in [0.1, 0.15) is 24.7 Å². The fourth-order valence-electron chi connectivity index (χ4n) is 1.93. The number of rotatable bonds is 4. The molecule has 1 aromatic heterocycles. The van der Waals surface area contributed by atoms with E-state index >= 15 is 0 Å². The molecule has 0 aliphatic carbocycles. The van der Waals surface area contributed by atoms with Crippen molar-refractivity contribution >= 4 is 11.0 Å². The first-order valence-electron chi connectivity index (χ1n) is 5.90. The molecule has 0 aliphatic heterocycles. The van der Waals surface area contributed by atoms with Gasteiger partial charge in [0.15, 0.2) is 0 Å². The zero-order chi connectivity index (χ0) is 12.1. The number of nitrogens with one attached hydrogen (secondary N) is 1. The predicted octanol–water partition coefficient (Wildman–Crippen LogP) is 3.24. The number of aryl methyl sites for hydroxylation is 1. The van der Waals surface area contributed by atoms with Crippen molar-refractivity contribution in [1.29, 1.82) is 0 Å². The van der Waals surface area contributed by atoms with E-state index in [1.807, 2.05) is 32.0 Å². The van der Waals surface area contributed by atoms with Crippen LogP contribution in [0.4, 0.5) is 0 Å². The van der Waals surface area contributed by atoms with Gasteiger partial charge in [-0.25, -0.2) is 0 Å². The Morgan fingerprint density at radius 2 is 2.12 bits per heavy atom. The fourth-order valence-corrected chi connectivity index (χ4v) is 1.93. The zero-order valence-electron chi connectivity index (χ0n) is 10.3. The summed E-state index contributed by atoms with van der Waals surface area (Å²) in [5.41, 5.74) is 2.22.